The van der Waals surface area contributed by atoms with Gasteiger partial charge in [-0.1, -0.05) is 17.7 Å². The van der Waals surface area contributed by atoms with Crippen LogP contribution in [0.2, 0.25) is 5.02 Å². The minimum atomic E-state index is 0.191. The molecule has 1 saturated heterocycles. The summed E-state index contributed by atoms with van der Waals surface area (Å²) in [5, 5.41) is 9.23. The molecule has 0 bridgehead atoms. The first-order valence-corrected chi connectivity index (χ1v) is 12.9. The van der Waals surface area contributed by atoms with Gasteiger partial charge in [-0.15, -0.1) is 0 Å². The molecule has 2 aromatic carbocycles. The number of furan rings is 1. The van der Waals surface area contributed by atoms with Crippen molar-refractivity contribution >= 4 is 45.0 Å². The maximum atomic E-state index is 6.52. The molecule has 7 nitrogen and oxygen atoms in total. The highest BCUT2D eigenvalue weighted by Crippen LogP contribution is 2.39. The highest BCUT2D eigenvalue weighted by molar-refractivity contribution is 6.35. The smallest absolute Gasteiger partial charge is 0.158 e. The van der Waals surface area contributed by atoms with Crippen LogP contribution in [0, 0.1) is 0 Å². The molecule has 1 unspecified atom stereocenters. The van der Waals surface area contributed by atoms with Crippen molar-refractivity contribution in [2.24, 2.45) is 0 Å². The van der Waals surface area contributed by atoms with E-state index >= 15 is 0 Å². The number of hydrogen-bond acceptors (Lipinski definition) is 7. The van der Waals surface area contributed by atoms with Gasteiger partial charge in [0, 0.05) is 23.6 Å². The third-order valence-electron chi connectivity index (χ3n) is 6.97. The van der Waals surface area contributed by atoms with E-state index < -0.39 is 0 Å². The van der Waals surface area contributed by atoms with Gasteiger partial charge in [-0.05, 0) is 63.6 Å². The monoisotopic (exact) mass is 492 g/mol. The Balaban J connectivity index is 1.34. The minimum Gasteiger partial charge on any atom is -0.493 e. The zero-order valence-corrected chi connectivity index (χ0v) is 20.3. The number of anilines is 2. The fourth-order valence-electron chi connectivity index (χ4n) is 5.16. The summed E-state index contributed by atoms with van der Waals surface area (Å²) >= 11 is 6.28. The Morgan fingerprint density at radius 3 is 2.89 bits per heavy atom. The number of aromatic nitrogens is 2. The highest BCUT2D eigenvalue weighted by atomic mass is 35.5. The SMILES string of the molecule is Clc1coc2c(Nc3ncnc4cc(OCCC5CCCN5)cc(OC5CCCC5)c34)cccc12. The summed E-state index contributed by atoms with van der Waals surface area (Å²) in [5.74, 6) is 2.17. The lowest BCUT2D eigenvalue weighted by atomic mass is 10.1. The van der Waals surface area contributed by atoms with Crippen molar-refractivity contribution in [2.75, 3.05) is 18.5 Å². The maximum absolute atomic E-state index is 6.52. The first-order valence-electron chi connectivity index (χ1n) is 12.5. The van der Waals surface area contributed by atoms with Crippen molar-refractivity contribution in [3.05, 3.63) is 47.9 Å². The molecular weight excluding hydrogens is 464 g/mol. The summed E-state index contributed by atoms with van der Waals surface area (Å²) in [6, 6.07) is 10.3. The van der Waals surface area contributed by atoms with Crippen LogP contribution >= 0.6 is 11.6 Å². The van der Waals surface area contributed by atoms with Crippen molar-refractivity contribution in [2.45, 2.75) is 57.1 Å². The van der Waals surface area contributed by atoms with Crippen molar-refractivity contribution in [1.82, 2.24) is 15.3 Å². The quantitative estimate of drug-likeness (QED) is 0.286. The van der Waals surface area contributed by atoms with E-state index in [4.69, 9.17) is 25.5 Å². The topological polar surface area (TPSA) is 81.4 Å². The van der Waals surface area contributed by atoms with Crippen LogP contribution in [0.25, 0.3) is 21.9 Å². The molecule has 0 spiro atoms. The van der Waals surface area contributed by atoms with Crippen LogP contribution in [0.3, 0.4) is 0 Å². The fourth-order valence-corrected chi connectivity index (χ4v) is 5.35. The number of nitrogens with one attached hydrogen (secondary N) is 2. The van der Waals surface area contributed by atoms with Gasteiger partial charge in [-0.2, -0.15) is 0 Å². The summed E-state index contributed by atoms with van der Waals surface area (Å²) in [6.45, 7) is 1.76. The molecule has 2 aromatic heterocycles. The van der Waals surface area contributed by atoms with Gasteiger partial charge >= 0.3 is 0 Å². The second-order valence-corrected chi connectivity index (χ2v) is 9.79. The number of para-hydroxylation sites is 1. The third kappa shape index (κ3) is 4.75. The van der Waals surface area contributed by atoms with Gasteiger partial charge in [0.2, 0.25) is 0 Å². The minimum absolute atomic E-state index is 0.191. The van der Waals surface area contributed by atoms with E-state index in [1.807, 2.05) is 30.3 Å². The van der Waals surface area contributed by atoms with Crippen LogP contribution in [0.1, 0.15) is 44.9 Å². The third-order valence-corrected chi connectivity index (χ3v) is 7.27. The van der Waals surface area contributed by atoms with Crippen molar-refractivity contribution in [3.8, 4) is 11.5 Å². The molecule has 6 rings (SSSR count). The van der Waals surface area contributed by atoms with E-state index in [1.54, 1.807) is 12.6 Å². The summed E-state index contributed by atoms with van der Waals surface area (Å²) in [7, 11) is 0. The Kier molecular flexibility index (Phi) is 6.35. The van der Waals surface area contributed by atoms with Crippen LogP contribution in [0.5, 0.6) is 11.5 Å². The van der Waals surface area contributed by atoms with E-state index in [0.29, 0.717) is 29.1 Å². The van der Waals surface area contributed by atoms with E-state index in [1.165, 1.54) is 25.7 Å². The Hall–Kier alpha value is -3.03. The molecule has 1 aliphatic carbocycles. The number of hydrogen-bond donors (Lipinski definition) is 2. The van der Waals surface area contributed by atoms with Gasteiger partial charge in [0.15, 0.2) is 5.58 Å². The van der Waals surface area contributed by atoms with Gasteiger partial charge in [0.05, 0.1) is 34.3 Å². The van der Waals surface area contributed by atoms with Crippen molar-refractivity contribution < 1.29 is 13.9 Å². The molecule has 35 heavy (non-hydrogen) atoms. The maximum Gasteiger partial charge on any atom is 0.158 e. The average molecular weight is 493 g/mol. The predicted octanol–water partition coefficient (Wildman–Crippen LogP) is 6.62. The summed E-state index contributed by atoms with van der Waals surface area (Å²) in [5.41, 5.74) is 2.24. The largest absolute Gasteiger partial charge is 0.493 e. The molecule has 1 aliphatic heterocycles. The number of rotatable bonds is 8. The van der Waals surface area contributed by atoms with Gasteiger partial charge < -0.3 is 24.5 Å². The molecule has 8 heteroatoms. The number of halogens is 1. The second-order valence-electron chi connectivity index (χ2n) is 9.38. The van der Waals surface area contributed by atoms with E-state index in [2.05, 4.69) is 20.6 Å². The van der Waals surface area contributed by atoms with E-state index in [0.717, 1.165) is 59.3 Å². The molecule has 3 heterocycles. The van der Waals surface area contributed by atoms with Gasteiger partial charge in [-0.25, -0.2) is 9.97 Å². The number of nitrogens with zero attached hydrogens (tertiary/aromatic N) is 2. The average Bonchev–Trinajstić information content (AvgIpc) is 3.63. The Morgan fingerprint density at radius 2 is 2.03 bits per heavy atom. The second kappa shape index (κ2) is 9.91. The van der Waals surface area contributed by atoms with Gasteiger partial charge in [0.1, 0.15) is 29.9 Å². The number of benzene rings is 2. The lowest BCUT2D eigenvalue weighted by Gasteiger charge is -2.19. The molecule has 2 fully saturated rings. The Labute approximate surface area is 209 Å². The van der Waals surface area contributed by atoms with Crippen LogP contribution < -0.4 is 20.1 Å². The van der Waals surface area contributed by atoms with Crippen LogP contribution in [-0.2, 0) is 0 Å². The molecule has 182 valence electrons. The number of fused-ring (bicyclic) bond motifs is 2. The van der Waals surface area contributed by atoms with Crippen LogP contribution in [0.15, 0.2) is 47.3 Å². The molecule has 0 radical (unpaired) electrons. The molecule has 4 aromatic rings. The Morgan fingerprint density at radius 1 is 1.11 bits per heavy atom. The summed E-state index contributed by atoms with van der Waals surface area (Å²) < 4.78 is 18.4. The molecule has 1 saturated carbocycles. The summed E-state index contributed by atoms with van der Waals surface area (Å²) in [4.78, 5) is 9.13. The normalized spacial score (nSPS) is 18.5. The highest BCUT2D eigenvalue weighted by Gasteiger charge is 2.21. The predicted molar refractivity (Wildman–Crippen MR) is 138 cm³/mol. The van der Waals surface area contributed by atoms with E-state index in [9.17, 15) is 0 Å². The van der Waals surface area contributed by atoms with Crippen LogP contribution in [-0.4, -0.2) is 35.3 Å². The molecular formula is C27H29ClN4O3. The lowest BCUT2D eigenvalue weighted by Crippen LogP contribution is -2.23. The number of ether oxygens (including phenoxy) is 2. The molecule has 0 amide bonds. The zero-order valence-electron chi connectivity index (χ0n) is 19.6. The Bertz CT molecular complexity index is 1330. The van der Waals surface area contributed by atoms with E-state index in [-0.39, 0.29) is 6.10 Å². The van der Waals surface area contributed by atoms with Crippen molar-refractivity contribution in [1.29, 1.82) is 0 Å². The van der Waals surface area contributed by atoms with Crippen molar-refractivity contribution in [3.63, 3.8) is 0 Å². The summed E-state index contributed by atoms with van der Waals surface area (Å²) in [6.07, 6.45) is 11.2. The first kappa shape index (κ1) is 22.4. The zero-order chi connectivity index (χ0) is 23.6. The lowest BCUT2D eigenvalue weighted by molar-refractivity contribution is 0.211. The van der Waals surface area contributed by atoms with Crippen LogP contribution in [0.4, 0.5) is 11.5 Å². The fraction of sp³-hybridized carbons (Fsp3) is 0.407. The standard InChI is InChI=1S/C27H29ClN4O3/c28-21-15-34-26-20(21)8-3-9-22(26)32-27-25-23(30-16-31-27)13-19(33-12-10-17-5-4-11-29-17)14-24(25)35-18-6-1-2-7-18/h3,8-9,13-18,29H,1-2,4-7,10-12H2,(H,30,31,32). The first-order chi connectivity index (χ1) is 17.2. The van der Waals surface area contributed by atoms with Gasteiger partial charge in [0.25, 0.3) is 0 Å². The molecule has 2 aliphatic rings. The van der Waals surface area contributed by atoms with Gasteiger partial charge in [-0.3, -0.25) is 0 Å². The molecule has 2 N–H and O–H groups in total. The molecule has 1 atom stereocenters.